The molecule has 1 aromatic rings. The Morgan fingerprint density at radius 3 is 2.50 bits per heavy atom. The smallest absolute Gasteiger partial charge is 0.240 e. The van der Waals surface area contributed by atoms with Crippen LogP contribution < -0.4 is 10.6 Å². The molecule has 1 fully saturated rings. The van der Waals surface area contributed by atoms with Crippen molar-refractivity contribution in [3.05, 3.63) is 11.6 Å². The highest BCUT2D eigenvalue weighted by molar-refractivity contribution is 5.86. The second-order valence-electron chi connectivity index (χ2n) is 8.14. The van der Waals surface area contributed by atoms with Gasteiger partial charge < -0.3 is 20.1 Å². The highest BCUT2D eigenvalue weighted by Crippen LogP contribution is 2.18. The molecule has 2 rings (SSSR count). The Morgan fingerprint density at radius 2 is 1.96 bits per heavy atom. The molecule has 2 N–H and O–H groups in total. The Hall–Kier alpha value is -2.12. The van der Waals surface area contributed by atoms with Crippen LogP contribution in [0, 0.1) is 6.92 Å². The number of carbonyl (C=O) groups is 1. The van der Waals surface area contributed by atoms with Gasteiger partial charge in [-0.2, -0.15) is 0 Å². The van der Waals surface area contributed by atoms with Crippen molar-refractivity contribution in [1.29, 1.82) is 0 Å². The Bertz CT molecular complexity index is 638. The van der Waals surface area contributed by atoms with Gasteiger partial charge in [-0.1, -0.05) is 12.8 Å². The van der Waals surface area contributed by atoms with E-state index in [2.05, 4.69) is 20.8 Å². The van der Waals surface area contributed by atoms with Gasteiger partial charge in [-0.15, -0.1) is 10.2 Å². The van der Waals surface area contributed by atoms with Crippen LogP contribution in [-0.4, -0.2) is 56.7 Å². The molecule has 8 heteroatoms. The predicted octanol–water partition coefficient (Wildman–Crippen LogP) is 1.36. The van der Waals surface area contributed by atoms with E-state index < -0.39 is 0 Å². The average Bonchev–Trinajstić information content (AvgIpc) is 3.13. The molecule has 1 aromatic heterocycles. The molecule has 1 saturated carbocycles. The number of amides is 1. The first-order chi connectivity index (χ1) is 12.2. The van der Waals surface area contributed by atoms with E-state index in [0.717, 1.165) is 30.5 Å². The summed E-state index contributed by atoms with van der Waals surface area (Å²) in [6.45, 7) is 8.54. The molecule has 0 spiro atoms. The van der Waals surface area contributed by atoms with Gasteiger partial charge in [0.1, 0.15) is 12.4 Å². The molecule has 0 radical (unpaired) electrons. The topological polar surface area (TPSA) is 87.4 Å². The number of aliphatic imine (C=N–C) groups is 1. The van der Waals surface area contributed by atoms with Crippen molar-refractivity contribution in [3.63, 3.8) is 0 Å². The normalized spacial score (nSPS) is 16.0. The van der Waals surface area contributed by atoms with Crippen LogP contribution in [-0.2, 0) is 18.4 Å². The third-order valence-corrected chi connectivity index (χ3v) is 4.50. The van der Waals surface area contributed by atoms with E-state index in [1.165, 1.54) is 12.8 Å². The van der Waals surface area contributed by atoms with Gasteiger partial charge in [-0.25, -0.2) is 4.99 Å². The number of carbonyl (C=O) groups excluding carboxylic acids is 1. The fourth-order valence-corrected chi connectivity index (χ4v) is 3.01. The van der Waals surface area contributed by atoms with Gasteiger partial charge >= 0.3 is 0 Å². The number of hydrogen-bond acceptors (Lipinski definition) is 4. The molecule has 1 amide bonds. The van der Waals surface area contributed by atoms with Crippen LogP contribution in [0.15, 0.2) is 4.99 Å². The second-order valence-corrected chi connectivity index (χ2v) is 8.14. The molecule has 8 nitrogen and oxygen atoms in total. The van der Waals surface area contributed by atoms with Gasteiger partial charge in [-0.05, 0) is 40.5 Å². The van der Waals surface area contributed by atoms with Crippen molar-refractivity contribution in [2.45, 2.75) is 71.5 Å². The molecule has 0 aromatic carbocycles. The maximum atomic E-state index is 12.3. The fourth-order valence-electron chi connectivity index (χ4n) is 3.01. The average molecular weight is 364 g/mol. The maximum Gasteiger partial charge on any atom is 0.240 e. The van der Waals surface area contributed by atoms with E-state index in [1.807, 2.05) is 51.3 Å². The van der Waals surface area contributed by atoms with Crippen LogP contribution in [0.2, 0.25) is 0 Å². The van der Waals surface area contributed by atoms with Crippen LogP contribution in [0.5, 0.6) is 0 Å². The zero-order valence-corrected chi connectivity index (χ0v) is 17.0. The van der Waals surface area contributed by atoms with E-state index in [0.29, 0.717) is 12.6 Å². The fraction of sp³-hybridized carbons (Fsp3) is 0.778. The van der Waals surface area contributed by atoms with Gasteiger partial charge in [0, 0.05) is 25.7 Å². The van der Waals surface area contributed by atoms with E-state index in [-0.39, 0.29) is 18.0 Å². The first-order valence-corrected chi connectivity index (χ1v) is 9.33. The lowest BCUT2D eigenvalue weighted by atomic mass is 10.1. The van der Waals surface area contributed by atoms with Crippen molar-refractivity contribution in [1.82, 2.24) is 30.3 Å². The minimum atomic E-state index is -0.246. The number of hydrogen-bond donors (Lipinski definition) is 2. The largest absolute Gasteiger partial charge is 0.353 e. The summed E-state index contributed by atoms with van der Waals surface area (Å²) in [6, 6.07) is 0.420. The van der Waals surface area contributed by atoms with E-state index in [9.17, 15) is 4.79 Å². The van der Waals surface area contributed by atoms with Crippen LogP contribution >= 0.6 is 0 Å². The molecule has 0 atom stereocenters. The van der Waals surface area contributed by atoms with Crippen LogP contribution in [0.1, 0.15) is 58.1 Å². The van der Waals surface area contributed by atoms with Crippen LogP contribution in [0.25, 0.3) is 0 Å². The molecular weight excluding hydrogens is 330 g/mol. The Balaban J connectivity index is 2.07. The van der Waals surface area contributed by atoms with Crippen molar-refractivity contribution in [2.75, 3.05) is 13.6 Å². The van der Waals surface area contributed by atoms with Gasteiger partial charge in [0.25, 0.3) is 0 Å². The summed E-state index contributed by atoms with van der Waals surface area (Å²) in [5, 5.41) is 14.8. The van der Waals surface area contributed by atoms with E-state index in [1.54, 1.807) is 0 Å². The lowest BCUT2D eigenvalue weighted by Crippen LogP contribution is -2.50. The minimum Gasteiger partial charge on any atom is -0.353 e. The van der Waals surface area contributed by atoms with Crippen molar-refractivity contribution in [3.8, 4) is 0 Å². The van der Waals surface area contributed by atoms with Gasteiger partial charge in [0.15, 0.2) is 11.8 Å². The molecule has 1 aliphatic carbocycles. The molecule has 0 unspecified atom stereocenters. The number of nitrogens with zero attached hydrogens (tertiary/aromatic N) is 5. The molecule has 0 aliphatic heterocycles. The zero-order valence-electron chi connectivity index (χ0n) is 17.0. The first-order valence-electron chi connectivity index (χ1n) is 9.33. The zero-order chi connectivity index (χ0) is 19.3. The molecule has 0 saturated heterocycles. The van der Waals surface area contributed by atoms with E-state index >= 15 is 0 Å². The molecule has 146 valence electrons. The first kappa shape index (κ1) is 20.2. The Labute approximate surface area is 156 Å². The number of likely N-dealkylation sites (N-methyl/N-ethyl adjacent to an activating group) is 1. The standard InChI is InChI=1S/C18H33N7O/c1-13-22-23-15(25(13)6)11-19-17(20-14-9-7-8-10-14)24(5)12-16(26)21-18(2,3)4/h14H,7-12H2,1-6H3,(H,19,20)(H,21,26). The summed E-state index contributed by atoms with van der Waals surface area (Å²) >= 11 is 0. The molecular formula is C18H33N7O. The summed E-state index contributed by atoms with van der Waals surface area (Å²) in [5.41, 5.74) is -0.246. The van der Waals surface area contributed by atoms with Crippen LogP contribution in [0.3, 0.4) is 0 Å². The SMILES string of the molecule is Cc1nnc(CN=C(NC2CCCC2)N(C)CC(=O)NC(C)(C)C)n1C. The number of guanidine groups is 1. The van der Waals surface area contributed by atoms with E-state index in [4.69, 9.17) is 4.99 Å². The quantitative estimate of drug-likeness (QED) is 0.609. The van der Waals surface area contributed by atoms with Crippen molar-refractivity contribution < 1.29 is 4.79 Å². The third-order valence-electron chi connectivity index (χ3n) is 4.50. The molecule has 26 heavy (non-hydrogen) atoms. The summed E-state index contributed by atoms with van der Waals surface area (Å²) in [6.07, 6.45) is 4.76. The minimum absolute atomic E-state index is 0.0181. The summed E-state index contributed by atoms with van der Waals surface area (Å²) in [4.78, 5) is 18.9. The van der Waals surface area contributed by atoms with Gasteiger partial charge in [0.05, 0.1) is 6.54 Å². The Kier molecular flexibility index (Phi) is 6.61. The number of aryl methyl sites for hydroxylation is 1. The van der Waals surface area contributed by atoms with Crippen LogP contribution in [0.4, 0.5) is 0 Å². The van der Waals surface area contributed by atoms with Gasteiger partial charge in [0.2, 0.25) is 5.91 Å². The summed E-state index contributed by atoms with van der Waals surface area (Å²) < 4.78 is 1.93. The monoisotopic (exact) mass is 363 g/mol. The number of rotatable bonds is 5. The molecule has 0 bridgehead atoms. The Morgan fingerprint density at radius 1 is 1.31 bits per heavy atom. The lowest BCUT2D eigenvalue weighted by Gasteiger charge is -2.27. The molecule has 1 aliphatic rings. The summed E-state index contributed by atoms with van der Waals surface area (Å²) in [5.74, 6) is 2.39. The number of aromatic nitrogens is 3. The van der Waals surface area contributed by atoms with Crippen molar-refractivity contribution in [2.24, 2.45) is 12.0 Å². The third kappa shape index (κ3) is 6.00. The molecule has 1 heterocycles. The highest BCUT2D eigenvalue weighted by atomic mass is 16.2. The lowest BCUT2D eigenvalue weighted by molar-refractivity contribution is -0.122. The maximum absolute atomic E-state index is 12.3. The van der Waals surface area contributed by atoms with Gasteiger partial charge in [-0.3, -0.25) is 4.79 Å². The highest BCUT2D eigenvalue weighted by Gasteiger charge is 2.21. The number of nitrogens with one attached hydrogen (secondary N) is 2. The summed E-state index contributed by atoms with van der Waals surface area (Å²) in [7, 11) is 3.83. The predicted molar refractivity (Wildman–Crippen MR) is 103 cm³/mol. The van der Waals surface area contributed by atoms with Crippen molar-refractivity contribution >= 4 is 11.9 Å². The second kappa shape index (κ2) is 8.51.